The normalized spacial score (nSPS) is 46.5. The minimum atomic E-state index is -1.18. The highest BCUT2D eigenvalue weighted by atomic mass is 19.1. The standard InChI is InChI=1S/C7H10BFNO2/c9-6-5-1-4(7(6)12)2-10(5)8-3-11/h3-7,12H,1-2H2/t4?,5?,6-,7+/m0/s1. The van der Waals surface area contributed by atoms with Crippen molar-refractivity contribution in [3.63, 3.8) is 0 Å². The van der Waals surface area contributed by atoms with Crippen molar-refractivity contribution in [1.82, 2.24) is 4.81 Å². The van der Waals surface area contributed by atoms with Gasteiger partial charge in [-0.25, -0.2) is 4.39 Å². The van der Waals surface area contributed by atoms with E-state index in [0.29, 0.717) is 19.2 Å². The second kappa shape index (κ2) is 2.82. The van der Waals surface area contributed by atoms with Crippen LogP contribution in [-0.2, 0) is 4.79 Å². The van der Waals surface area contributed by atoms with Crippen LogP contribution in [0, 0.1) is 5.92 Å². The third-order valence-electron chi connectivity index (χ3n) is 2.84. The predicted molar refractivity (Wildman–Crippen MR) is 42.0 cm³/mol. The topological polar surface area (TPSA) is 40.5 Å². The molecule has 65 valence electrons. The first-order valence-electron chi connectivity index (χ1n) is 4.10. The highest BCUT2D eigenvalue weighted by molar-refractivity contribution is 6.64. The molecule has 12 heavy (non-hydrogen) atoms. The number of aliphatic hydroxyl groups is 1. The van der Waals surface area contributed by atoms with E-state index in [1.54, 1.807) is 4.81 Å². The summed E-state index contributed by atoms with van der Waals surface area (Å²) in [5.74, 6) is 0.0150. The smallest absolute Gasteiger partial charge is 0.293 e. The molecular formula is C7H10BFNO2. The molecule has 0 aromatic rings. The minimum Gasteiger partial charge on any atom is -0.390 e. The van der Waals surface area contributed by atoms with Crippen molar-refractivity contribution < 1.29 is 14.3 Å². The number of hydrogen-bond donors (Lipinski definition) is 1. The van der Waals surface area contributed by atoms with E-state index >= 15 is 0 Å². The Bertz CT molecular complexity index is 202. The molecule has 4 atom stereocenters. The number of alkyl halides is 1. The maximum absolute atomic E-state index is 13.2. The average molecular weight is 170 g/mol. The molecule has 1 aliphatic heterocycles. The predicted octanol–water partition coefficient (Wildman–Crippen LogP) is -0.801. The number of carbonyl (C=O) groups excluding carboxylic acids is 1. The van der Waals surface area contributed by atoms with Gasteiger partial charge in [-0.3, -0.25) is 0 Å². The summed E-state index contributed by atoms with van der Waals surface area (Å²) in [6.07, 6.45) is -0.654. The van der Waals surface area contributed by atoms with Crippen molar-refractivity contribution in [2.24, 2.45) is 5.92 Å². The van der Waals surface area contributed by atoms with Gasteiger partial charge in [0, 0.05) is 12.0 Å². The van der Waals surface area contributed by atoms with Crippen molar-refractivity contribution >= 4 is 13.6 Å². The Morgan fingerprint density at radius 1 is 1.67 bits per heavy atom. The van der Waals surface area contributed by atoms with Gasteiger partial charge in [-0.05, 0) is 13.0 Å². The van der Waals surface area contributed by atoms with Crippen LogP contribution in [0.25, 0.3) is 0 Å². The highest BCUT2D eigenvalue weighted by Crippen LogP contribution is 2.38. The van der Waals surface area contributed by atoms with Crippen LogP contribution in [-0.4, -0.2) is 48.4 Å². The summed E-state index contributed by atoms with van der Waals surface area (Å²) in [6, 6.07) is -0.268. The maximum atomic E-state index is 13.2. The number of hydrogen-bond acceptors (Lipinski definition) is 3. The van der Waals surface area contributed by atoms with Crippen LogP contribution < -0.4 is 0 Å². The molecule has 0 aromatic heterocycles. The largest absolute Gasteiger partial charge is 0.390 e. The molecule has 1 N–H and O–H groups in total. The van der Waals surface area contributed by atoms with Gasteiger partial charge in [-0.1, -0.05) is 0 Å². The average Bonchev–Trinajstić information content (AvgIpc) is 2.55. The first-order valence-corrected chi connectivity index (χ1v) is 4.10. The fourth-order valence-electron chi connectivity index (χ4n) is 2.22. The molecule has 2 fully saturated rings. The van der Waals surface area contributed by atoms with Gasteiger partial charge in [0.1, 0.15) is 6.17 Å². The van der Waals surface area contributed by atoms with Crippen LogP contribution in [0.5, 0.6) is 0 Å². The molecule has 1 heterocycles. The van der Waals surface area contributed by atoms with Crippen molar-refractivity contribution in [2.75, 3.05) is 6.54 Å². The van der Waals surface area contributed by atoms with Gasteiger partial charge in [0.25, 0.3) is 7.41 Å². The van der Waals surface area contributed by atoms with Crippen LogP contribution in [0.2, 0.25) is 0 Å². The number of piperidine rings is 1. The third-order valence-corrected chi connectivity index (χ3v) is 2.84. The van der Waals surface area contributed by atoms with E-state index in [1.165, 1.54) is 7.41 Å². The summed E-state index contributed by atoms with van der Waals surface area (Å²) in [5.41, 5.74) is 0. The van der Waals surface area contributed by atoms with Crippen LogP contribution in [0.4, 0.5) is 4.39 Å². The summed E-state index contributed by atoms with van der Waals surface area (Å²) in [7, 11) is 1.36. The molecule has 5 heteroatoms. The molecule has 1 saturated heterocycles. The molecule has 3 nitrogen and oxygen atoms in total. The zero-order chi connectivity index (χ0) is 8.72. The maximum Gasteiger partial charge on any atom is 0.293 e. The highest BCUT2D eigenvalue weighted by Gasteiger charge is 2.51. The number of carbonyl (C=O) groups is 1. The fourth-order valence-corrected chi connectivity index (χ4v) is 2.22. The summed E-state index contributed by atoms with van der Waals surface area (Å²) in [5, 5.41) is 9.27. The number of aliphatic hydroxyl groups excluding tert-OH is 1. The fraction of sp³-hybridized carbons (Fsp3) is 0.857. The van der Waals surface area contributed by atoms with Crippen molar-refractivity contribution in [3.8, 4) is 0 Å². The van der Waals surface area contributed by atoms with Crippen molar-refractivity contribution in [3.05, 3.63) is 0 Å². The monoisotopic (exact) mass is 170 g/mol. The van der Waals surface area contributed by atoms with E-state index in [4.69, 9.17) is 0 Å². The van der Waals surface area contributed by atoms with Crippen molar-refractivity contribution in [1.29, 1.82) is 0 Å². The van der Waals surface area contributed by atoms with E-state index in [9.17, 15) is 14.3 Å². The summed E-state index contributed by atoms with van der Waals surface area (Å²) < 4.78 is 13.2. The number of rotatable bonds is 2. The molecule has 1 radical (unpaired) electrons. The third kappa shape index (κ3) is 1.000. The van der Waals surface area contributed by atoms with E-state index in [0.717, 1.165) is 0 Å². The van der Waals surface area contributed by atoms with Gasteiger partial charge in [0.2, 0.25) is 0 Å². The molecule has 2 unspecified atom stereocenters. The molecule has 2 rings (SSSR count). The van der Waals surface area contributed by atoms with Crippen LogP contribution in [0.1, 0.15) is 6.42 Å². The summed E-state index contributed by atoms with van der Waals surface area (Å²) >= 11 is 0. The molecule has 0 aromatic carbocycles. The number of fused-ring (bicyclic) bond motifs is 2. The molecule has 1 saturated carbocycles. The zero-order valence-electron chi connectivity index (χ0n) is 6.56. The minimum absolute atomic E-state index is 0.0150. The Morgan fingerprint density at radius 3 is 2.92 bits per heavy atom. The quantitative estimate of drug-likeness (QED) is 0.435. The van der Waals surface area contributed by atoms with E-state index < -0.39 is 12.3 Å². The molecule has 1 aliphatic carbocycles. The lowest BCUT2D eigenvalue weighted by Crippen LogP contribution is -2.48. The molecule has 0 spiro atoms. The van der Waals surface area contributed by atoms with Gasteiger partial charge in [0.15, 0.2) is 0 Å². The van der Waals surface area contributed by atoms with E-state index in [-0.39, 0.29) is 12.0 Å². The van der Waals surface area contributed by atoms with E-state index in [1.807, 2.05) is 0 Å². The lowest BCUT2D eigenvalue weighted by Gasteiger charge is -2.30. The lowest BCUT2D eigenvalue weighted by molar-refractivity contribution is 0.0237. The Kier molecular flexibility index (Phi) is 1.92. The van der Waals surface area contributed by atoms with Gasteiger partial charge >= 0.3 is 0 Å². The van der Waals surface area contributed by atoms with Gasteiger partial charge in [-0.2, -0.15) is 0 Å². The molecule has 2 aliphatic rings. The van der Waals surface area contributed by atoms with Gasteiger partial charge < -0.3 is 14.7 Å². The SMILES string of the molecule is O=C[B]N1CC2CC1[C@H](F)[C@@H]2O. The summed E-state index contributed by atoms with van der Waals surface area (Å²) in [4.78, 5) is 11.8. The number of halogens is 1. The first-order chi connectivity index (χ1) is 5.74. The molecule has 2 bridgehead atoms. The van der Waals surface area contributed by atoms with Crippen LogP contribution in [0.3, 0.4) is 0 Å². The number of nitrogens with zero attached hydrogens (tertiary/aromatic N) is 1. The van der Waals surface area contributed by atoms with Crippen molar-refractivity contribution in [2.45, 2.75) is 24.7 Å². The Hall–Kier alpha value is -0.415. The Balaban J connectivity index is 2.05. The second-order valence-corrected chi connectivity index (χ2v) is 3.48. The second-order valence-electron chi connectivity index (χ2n) is 3.48. The Morgan fingerprint density at radius 2 is 2.42 bits per heavy atom. The summed E-state index contributed by atoms with van der Waals surface area (Å²) in [6.45, 7) is 0.616. The van der Waals surface area contributed by atoms with Gasteiger partial charge in [0.05, 0.1) is 12.3 Å². The zero-order valence-corrected chi connectivity index (χ0v) is 6.56. The molecule has 0 amide bonds. The Labute approximate surface area is 70.8 Å². The van der Waals surface area contributed by atoms with Crippen LogP contribution in [0.15, 0.2) is 0 Å². The van der Waals surface area contributed by atoms with E-state index in [2.05, 4.69) is 0 Å². The lowest BCUT2D eigenvalue weighted by atomic mass is 9.90. The first kappa shape index (κ1) is 8.20. The van der Waals surface area contributed by atoms with Gasteiger partial charge in [-0.15, -0.1) is 0 Å². The van der Waals surface area contributed by atoms with Crippen LogP contribution >= 0.6 is 0 Å². The molecular weight excluding hydrogens is 160 g/mol.